The quantitative estimate of drug-likeness (QED) is 0.599. The van der Waals surface area contributed by atoms with Crippen molar-refractivity contribution in [3.8, 4) is 0 Å². The first-order chi connectivity index (χ1) is 7.29. The van der Waals surface area contributed by atoms with Crippen molar-refractivity contribution >= 4 is 11.7 Å². The standard InChI is InChI=1S/C11H19N3O/c1-10(15)12-7-3-2-4-8-13-11-6-5-9-14-11/h5-6,9,13-14H,2-4,7-8H2,1H3,(H,12,15). The molecular formula is C11H19N3O. The summed E-state index contributed by atoms with van der Waals surface area (Å²) in [6.45, 7) is 3.31. The van der Waals surface area contributed by atoms with Gasteiger partial charge in [-0.1, -0.05) is 0 Å². The van der Waals surface area contributed by atoms with E-state index in [2.05, 4.69) is 15.6 Å². The Hall–Kier alpha value is -1.45. The van der Waals surface area contributed by atoms with Crippen molar-refractivity contribution in [1.29, 1.82) is 0 Å². The summed E-state index contributed by atoms with van der Waals surface area (Å²) in [6.07, 6.45) is 5.21. The first kappa shape index (κ1) is 11.6. The molecule has 0 unspecified atom stereocenters. The predicted octanol–water partition coefficient (Wildman–Crippen LogP) is 1.73. The van der Waals surface area contributed by atoms with Gasteiger partial charge in [0.1, 0.15) is 5.82 Å². The number of carbonyl (C=O) groups is 1. The van der Waals surface area contributed by atoms with Crippen LogP contribution in [0.2, 0.25) is 0 Å². The molecule has 4 heteroatoms. The van der Waals surface area contributed by atoms with E-state index in [1.54, 1.807) is 6.92 Å². The van der Waals surface area contributed by atoms with Gasteiger partial charge in [-0.3, -0.25) is 4.79 Å². The van der Waals surface area contributed by atoms with Crippen LogP contribution in [0.25, 0.3) is 0 Å². The van der Waals surface area contributed by atoms with E-state index in [0.29, 0.717) is 0 Å². The predicted molar refractivity (Wildman–Crippen MR) is 61.8 cm³/mol. The molecule has 0 bridgehead atoms. The Morgan fingerprint density at radius 3 is 2.80 bits per heavy atom. The van der Waals surface area contributed by atoms with Crippen molar-refractivity contribution in [2.75, 3.05) is 18.4 Å². The molecule has 0 radical (unpaired) electrons. The minimum absolute atomic E-state index is 0.0551. The number of carbonyl (C=O) groups excluding carboxylic acids is 1. The number of nitrogens with one attached hydrogen (secondary N) is 3. The first-order valence-electron chi connectivity index (χ1n) is 5.41. The third-order valence-electron chi connectivity index (χ3n) is 2.14. The van der Waals surface area contributed by atoms with Crippen molar-refractivity contribution in [3.05, 3.63) is 18.3 Å². The Kier molecular flexibility index (Phi) is 5.37. The summed E-state index contributed by atoms with van der Waals surface area (Å²) in [5.41, 5.74) is 0. The molecule has 1 aromatic heterocycles. The van der Waals surface area contributed by atoms with Gasteiger partial charge < -0.3 is 15.6 Å². The van der Waals surface area contributed by atoms with Crippen molar-refractivity contribution in [2.24, 2.45) is 0 Å². The minimum Gasteiger partial charge on any atom is -0.372 e. The van der Waals surface area contributed by atoms with Gasteiger partial charge in [-0.2, -0.15) is 0 Å². The topological polar surface area (TPSA) is 56.9 Å². The van der Waals surface area contributed by atoms with Crippen molar-refractivity contribution in [3.63, 3.8) is 0 Å². The van der Waals surface area contributed by atoms with E-state index in [-0.39, 0.29) is 5.91 Å². The molecule has 0 fully saturated rings. The SMILES string of the molecule is CC(=O)NCCCCCNc1ccc[nH]1. The van der Waals surface area contributed by atoms with Crippen LogP contribution >= 0.6 is 0 Å². The highest BCUT2D eigenvalue weighted by Crippen LogP contribution is 2.02. The number of amides is 1. The van der Waals surface area contributed by atoms with Gasteiger partial charge in [-0.25, -0.2) is 0 Å². The smallest absolute Gasteiger partial charge is 0.216 e. The van der Waals surface area contributed by atoms with Gasteiger partial charge in [0.2, 0.25) is 5.91 Å². The zero-order valence-corrected chi connectivity index (χ0v) is 9.18. The molecule has 0 spiro atoms. The monoisotopic (exact) mass is 209 g/mol. The highest BCUT2D eigenvalue weighted by molar-refractivity contribution is 5.72. The molecule has 1 rings (SSSR count). The summed E-state index contributed by atoms with van der Waals surface area (Å²) in [6, 6.07) is 3.98. The number of aromatic amines is 1. The van der Waals surface area contributed by atoms with Crippen LogP contribution in [0.4, 0.5) is 5.82 Å². The molecule has 0 aliphatic carbocycles. The minimum atomic E-state index is 0.0551. The van der Waals surface area contributed by atoms with Gasteiger partial charge in [0.05, 0.1) is 0 Å². The first-order valence-corrected chi connectivity index (χ1v) is 5.41. The van der Waals surface area contributed by atoms with Gasteiger partial charge in [-0.05, 0) is 31.4 Å². The zero-order valence-electron chi connectivity index (χ0n) is 9.18. The van der Waals surface area contributed by atoms with Crippen LogP contribution in [-0.2, 0) is 4.79 Å². The molecule has 0 saturated carbocycles. The van der Waals surface area contributed by atoms with Crippen molar-refractivity contribution < 1.29 is 4.79 Å². The summed E-state index contributed by atoms with van der Waals surface area (Å²) in [5.74, 6) is 1.12. The third kappa shape index (κ3) is 5.78. The molecule has 0 saturated heterocycles. The number of unbranched alkanes of at least 4 members (excludes halogenated alkanes) is 2. The Morgan fingerprint density at radius 2 is 2.13 bits per heavy atom. The number of hydrogen-bond donors (Lipinski definition) is 3. The van der Waals surface area contributed by atoms with Gasteiger partial charge in [0.15, 0.2) is 0 Å². The van der Waals surface area contributed by atoms with E-state index in [1.807, 2.05) is 18.3 Å². The summed E-state index contributed by atoms with van der Waals surface area (Å²) >= 11 is 0. The molecule has 15 heavy (non-hydrogen) atoms. The molecule has 1 amide bonds. The molecule has 84 valence electrons. The Labute approximate surface area is 90.5 Å². The fourth-order valence-corrected chi connectivity index (χ4v) is 1.35. The Bertz CT molecular complexity index is 269. The second-order valence-corrected chi connectivity index (χ2v) is 3.55. The van der Waals surface area contributed by atoms with Crippen LogP contribution in [-0.4, -0.2) is 24.0 Å². The lowest BCUT2D eigenvalue weighted by Gasteiger charge is -2.04. The largest absolute Gasteiger partial charge is 0.372 e. The van der Waals surface area contributed by atoms with Crippen LogP contribution < -0.4 is 10.6 Å². The van der Waals surface area contributed by atoms with E-state index in [1.165, 1.54) is 0 Å². The number of aromatic nitrogens is 1. The summed E-state index contributed by atoms with van der Waals surface area (Å²) in [5, 5.41) is 6.07. The normalized spacial score (nSPS) is 9.93. The molecule has 1 aromatic rings. The van der Waals surface area contributed by atoms with E-state index < -0.39 is 0 Å². The van der Waals surface area contributed by atoms with Crippen LogP contribution in [0.1, 0.15) is 26.2 Å². The second kappa shape index (κ2) is 6.92. The number of H-pyrrole nitrogens is 1. The van der Waals surface area contributed by atoms with Gasteiger partial charge in [0, 0.05) is 26.2 Å². The average Bonchev–Trinajstić information content (AvgIpc) is 2.68. The van der Waals surface area contributed by atoms with Crippen LogP contribution in [0.3, 0.4) is 0 Å². The maximum atomic E-state index is 10.6. The van der Waals surface area contributed by atoms with Gasteiger partial charge >= 0.3 is 0 Å². The lowest BCUT2D eigenvalue weighted by Crippen LogP contribution is -2.20. The molecule has 0 atom stereocenters. The van der Waals surface area contributed by atoms with Crippen molar-refractivity contribution in [1.82, 2.24) is 10.3 Å². The Morgan fingerprint density at radius 1 is 1.33 bits per heavy atom. The lowest BCUT2D eigenvalue weighted by molar-refractivity contribution is -0.118. The fourth-order valence-electron chi connectivity index (χ4n) is 1.35. The summed E-state index contributed by atoms with van der Waals surface area (Å²) in [7, 11) is 0. The zero-order chi connectivity index (χ0) is 10.9. The fraction of sp³-hybridized carbons (Fsp3) is 0.545. The molecule has 0 aliphatic rings. The molecule has 1 heterocycles. The van der Waals surface area contributed by atoms with Crippen LogP contribution in [0.5, 0.6) is 0 Å². The van der Waals surface area contributed by atoms with E-state index in [4.69, 9.17) is 0 Å². The van der Waals surface area contributed by atoms with E-state index >= 15 is 0 Å². The van der Waals surface area contributed by atoms with Gasteiger partial charge in [0.25, 0.3) is 0 Å². The van der Waals surface area contributed by atoms with Crippen molar-refractivity contribution in [2.45, 2.75) is 26.2 Å². The molecular weight excluding hydrogens is 190 g/mol. The van der Waals surface area contributed by atoms with E-state index in [0.717, 1.165) is 38.2 Å². The second-order valence-electron chi connectivity index (χ2n) is 3.55. The van der Waals surface area contributed by atoms with Gasteiger partial charge in [-0.15, -0.1) is 0 Å². The highest BCUT2D eigenvalue weighted by atomic mass is 16.1. The third-order valence-corrected chi connectivity index (χ3v) is 2.14. The maximum Gasteiger partial charge on any atom is 0.216 e. The highest BCUT2D eigenvalue weighted by Gasteiger charge is 1.93. The van der Waals surface area contributed by atoms with Crippen LogP contribution in [0, 0.1) is 0 Å². The van der Waals surface area contributed by atoms with E-state index in [9.17, 15) is 4.79 Å². The summed E-state index contributed by atoms with van der Waals surface area (Å²) < 4.78 is 0. The lowest BCUT2D eigenvalue weighted by atomic mass is 10.2. The number of hydrogen-bond acceptors (Lipinski definition) is 2. The number of anilines is 1. The molecule has 0 aliphatic heterocycles. The maximum absolute atomic E-state index is 10.6. The summed E-state index contributed by atoms with van der Waals surface area (Å²) in [4.78, 5) is 13.6. The molecule has 0 aromatic carbocycles. The average molecular weight is 209 g/mol. The Balaban J connectivity index is 1.87. The van der Waals surface area contributed by atoms with Crippen LogP contribution in [0.15, 0.2) is 18.3 Å². The number of rotatable bonds is 7. The molecule has 3 N–H and O–H groups in total. The molecule has 4 nitrogen and oxygen atoms in total.